The molecule has 1 fully saturated rings. The van der Waals surface area contributed by atoms with Crippen LogP contribution in [-0.2, 0) is 14.6 Å². The normalized spacial score (nSPS) is 21.7. The largest absolute Gasteiger partial charge is 0.325 e. The van der Waals surface area contributed by atoms with Gasteiger partial charge < -0.3 is 10.2 Å². The van der Waals surface area contributed by atoms with E-state index in [0.717, 1.165) is 22.4 Å². The zero-order valence-electron chi connectivity index (χ0n) is 17.6. The van der Waals surface area contributed by atoms with Crippen molar-refractivity contribution in [2.75, 3.05) is 27.5 Å². The van der Waals surface area contributed by atoms with Gasteiger partial charge in [-0.3, -0.25) is 9.79 Å². The van der Waals surface area contributed by atoms with E-state index in [0.29, 0.717) is 15.9 Å². The summed E-state index contributed by atoms with van der Waals surface area (Å²) in [7, 11) is -3.12. The molecule has 4 rings (SSSR count). The van der Waals surface area contributed by atoms with Crippen LogP contribution in [0.1, 0.15) is 16.7 Å². The molecule has 0 aliphatic carbocycles. The molecule has 6 nitrogen and oxygen atoms in total. The molecular formula is C22H24ClN3O3S2. The zero-order chi connectivity index (χ0) is 22.3. The topological polar surface area (TPSA) is 78.8 Å². The highest BCUT2D eigenvalue weighted by molar-refractivity contribution is 8.14. The smallest absolute Gasteiger partial charge is 0.234 e. The lowest BCUT2D eigenvalue weighted by atomic mass is 10.1. The fourth-order valence-corrected chi connectivity index (χ4v) is 6.98. The highest BCUT2D eigenvalue weighted by Crippen LogP contribution is 2.37. The Balaban J connectivity index is 1.54. The van der Waals surface area contributed by atoms with Gasteiger partial charge >= 0.3 is 0 Å². The molecule has 2 aliphatic heterocycles. The second kappa shape index (κ2) is 8.48. The number of halogens is 1. The number of sulfone groups is 1. The number of carbonyl (C=O) groups is 1. The maximum atomic E-state index is 12.6. The first-order valence-electron chi connectivity index (χ1n) is 9.97. The Kier molecular flexibility index (Phi) is 6.07. The quantitative estimate of drug-likeness (QED) is 0.720. The summed E-state index contributed by atoms with van der Waals surface area (Å²) in [5.74, 6) is 0.130. The van der Waals surface area contributed by atoms with Crippen molar-refractivity contribution in [3.63, 3.8) is 0 Å². The van der Waals surface area contributed by atoms with Crippen LogP contribution in [0.15, 0.2) is 41.4 Å². The second-order valence-electron chi connectivity index (χ2n) is 8.03. The van der Waals surface area contributed by atoms with Gasteiger partial charge in [0.25, 0.3) is 0 Å². The Morgan fingerprint density at radius 2 is 2.00 bits per heavy atom. The van der Waals surface area contributed by atoms with Crippen molar-refractivity contribution in [3.8, 4) is 0 Å². The molecule has 2 heterocycles. The van der Waals surface area contributed by atoms with Crippen LogP contribution in [0.4, 0.5) is 11.4 Å². The van der Waals surface area contributed by atoms with Crippen LogP contribution in [0, 0.1) is 20.8 Å². The number of amidine groups is 1. The lowest BCUT2D eigenvalue weighted by Crippen LogP contribution is -2.39. The molecule has 0 aromatic heterocycles. The molecule has 31 heavy (non-hydrogen) atoms. The van der Waals surface area contributed by atoms with Crippen LogP contribution in [0.3, 0.4) is 0 Å². The van der Waals surface area contributed by atoms with Crippen LogP contribution >= 0.6 is 23.4 Å². The van der Waals surface area contributed by atoms with Gasteiger partial charge in [0.05, 0.1) is 29.3 Å². The third kappa shape index (κ3) is 4.61. The number of aliphatic imine (C=N–C) groups is 1. The molecule has 2 aromatic rings. The van der Waals surface area contributed by atoms with Crippen molar-refractivity contribution in [1.29, 1.82) is 0 Å². The van der Waals surface area contributed by atoms with Crippen LogP contribution < -0.4 is 10.2 Å². The maximum absolute atomic E-state index is 12.6. The van der Waals surface area contributed by atoms with E-state index < -0.39 is 9.84 Å². The molecule has 0 bridgehead atoms. The molecule has 0 spiro atoms. The number of anilines is 2. The molecule has 1 amide bonds. The first kappa shape index (κ1) is 22.2. The predicted molar refractivity (Wildman–Crippen MR) is 129 cm³/mol. The highest BCUT2D eigenvalue weighted by atomic mass is 35.5. The predicted octanol–water partition coefficient (Wildman–Crippen LogP) is 3.98. The van der Waals surface area contributed by atoms with Gasteiger partial charge in [0, 0.05) is 16.4 Å². The number of benzene rings is 2. The summed E-state index contributed by atoms with van der Waals surface area (Å²) in [6, 6.07) is 10.9. The highest BCUT2D eigenvalue weighted by Gasteiger charge is 2.47. The summed E-state index contributed by atoms with van der Waals surface area (Å²) in [4.78, 5) is 19.3. The molecule has 1 N–H and O–H groups in total. The van der Waals surface area contributed by atoms with Crippen molar-refractivity contribution in [3.05, 3.63) is 58.1 Å². The lowest BCUT2D eigenvalue weighted by molar-refractivity contribution is -0.113. The Hall–Kier alpha value is -2.03. The lowest BCUT2D eigenvalue weighted by Gasteiger charge is -2.28. The molecule has 9 heteroatoms. The zero-order valence-corrected chi connectivity index (χ0v) is 19.9. The number of carbonyl (C=O) groups excluding carboxylic acids is 1. The molecule has 1 saturated heterocycles. The molecule has 0 unspecified atom stereocenters. The molecule has 0 saturated carbocycles. The van der Waals surface area contributed by atoms with Gasteiger partial charge in [-0.1, -0.05) is 47.1 Å². The van der Waals surface area contributed by atoms with E-state index in [-0.39, 0.29) is 35.2 Å². The Morgan fingerprint density at radius 1 is 1.23 bits per heavy atom. The van der Waals surface area contributed by atoms with Gasteiger partial charge in [-0.05, 0) is 50.1 Å². The summed E-state index contributed by atoms with van der Waals surface area (Å²) < 4.78 is 24.4. The number of thioether (sulfide) groups is 1. The van der Waals surface area contributed by atoms with Gasteiger partial charge in [-0.15, -0.1) is 0 Å². The minimum atomic E-state index is -3.12. The van der Waals surface area contributed by atoms with Gasteiger partial charge in [0.2, 0.25) is 5.91 Å². The van der Waals surface area contributed by atoms with Crippen LogP contribution in [0.5, 0.6) is 0 Å². The van der Waals surface area contributed by atoms with E-state index in [1.165, 1.54) is 11.8 Å². The number of rotatable bonds is 4. The Labute approximate surface area is 192 Å². The molecular weight excluding hydrogens is 454 g/mol. The number of nitrogens with one attached hydrogen (secondary N) is 1. The first-order valence-corrected chi connectivity index (χ1v) is 13.2. The summed E-state index contributed by atoms with van der Waals surface area (Å²) in [5.41, 5.74) is 4.63. The van der Waals surface area contributed by atoms with Crippen molar-refractivity contribution >= 4 is 55.6 Å². The second-order valence-corrected chi connectivity index (χ2v) is 11.5. The van der Waals surface area contributed by atoms with Crippen LogP contribution in [-0.4, -0.2) is 48.8 Å². The number of amides is 1. The van der Waals surface area contributed by atoms with E-state index in [1.807, 2.05) is 43.9 Å². The standard InChI is InChI=1S/C22H24ClN3O3S2/c1-13-7-8-19(14(2)9-13)26-20-12-31(28,29)11-18(20)25-22(26)30-10-21(27)24-17-6-4-5-16(23)15(17)3/h4-9,18,20H,10-12H2,1-3H3,(H,24,27)/t18-,20+/m1/s1. The number of nitrogens with zero attached hydrogens (tertiary/aromatic N) is 2. The third-order valence-corrected chi connectivity index (χ3v) is 8.67. The molecule has 164 valence electrons. The average Bonchev–Trinajstić information content (AvgIpc) is 3.15. The monoisotopic (exact) mass is 477 g/mol. The number of hydrogen-bond acceptors (Lipinski definition) is 6. The van der Waals surface area contributed by atoms with E-state index in [1.54, 1.807) is 12.1 Å². The van der Waals surface area contributed by atoms with E-state index in [9.17, 15) is 13.2 Å². The number of fused-ring (bicyclic) bond motifs is 1. The SMILES string of the molecule is Cc1ccc(N2C(SCC(=O)Nc3cccc(Cl)c3C)=N[C@@H]3CS(=O)(=O)C[C@@H]32)c(C)c1. The summed E-state index contributed by atoms with van der Waals surface area (Å²) in [5, 5.41) is 4.19. The van der Waals surface area contributed by atoms with Crippen molar-refractivity contribution in [2.24, 2.45) is 4.99 Å². The van der Waals surface area contributed by atoms with Crippen LogP contribution in [0.25, 0.3) is 0 Å². The van der Waals surface area contributed by atoms with Gasteiger partial charge in [0.15, 0.2) is 15.0 Å². The average molecular weight is 478 g/mol. The summed E-state index contributed by atoms with van der Waals surface area (Å²) in [6.07, 6.45) is 0. The summed E-state index contributed by atoms with van der Waals surface area (Å²) >= 11 is 7.47. The van der Waals surface area contributed by atoms with Gasteiger partial charge in [-0.2, -0.15) is 0 Å². The Bertz CT molecular complexity index is 1180. The van der Waals surface area contributed by atoms with Crippen molar-refractivity contribution < 1.29 is 13.2 Å². The Morgan fingerprint density at radius 3 is 2.74 bits per heavy atom. The van der Waals surface area contributed by atoms with Crippen molar-refractivity contribution in [2.45, 2.75) is 32.9 Å². The van der Waals surface area contributed by atoms with E-state index >= 15 is 0 Å². The fraction of sp³-hybridized carbons (Fsp3) is 0.364. The molecule has 0 radical (unpaired) electrons. The number of aryl methyl sites for hydroxylation is 2. The summed E-state index contributed by atoms with van der Waals surface area (Å²) in [6.45, 7) is 5.89. The minimum absolute atomic E-state index is 0.0526. The third-order valence-electron chi connectivity index (χ3n) is 5.59. The van der Waals surface area contributed by atoms with Crippen molar-refractivity contribution in [1.82, 2.24) is 0 Å². The van der Waals surface area contributed by atoms with Gasteiger partial charge in [-0.25, -0.2) is 8.42 Å². The minimum Gasteiger partial charge on any atom is -0.325 e. The first-order chi connectivity index (χ1) is 14.6. The fourth-order valence-electron chi connectivity index (χ4n) is 4.05. The van der Waals surface area contributed by atoms with Gasteiger partial charge in [0.1, 0.15) is 0 Å². The van der Waals surface area contributed by atoms with E-state index in [4.69, 9.17) is 16.6 Å². The van der Waals surface area contributed by atoms with E-state index in [2.05, 4.69) is 11.4 Å². The molecule has 2 aliphatic rings. The number of hydrogen-bond donors (Lipinski definition) is 1. The maximum Gasteiger partial charge on any atom is 0.234 e. The molecule has 2 atom stereocenters. The molecule has 2 aromatic carbocycles. The van der Waals surface area contributed by atoms with Crippen LogP contribution in [0.2, 0.25) is 5.02 Å².